The smallest absolute Gasteiger partial charge is 0.237 e. The van der Waals surface area contributed by atoms with Gasteiger partial charge in [-0.05, 0) is 70.4 Å². The molecule has 3 fully saturated rings. The molecular weight excluding hydrogens is 392 g/mol. The van der Waals surface area contributed by atoms with E-state index in [1.807, 2.05) is 0 Å². The second kappa shape index (κ2) is 10.0. The van der Waals surface area contributed by atoms with Crippen molar-refractivity contribution in [3.05, 3.63) is 6.42 Å². The third-order valence-electron chi connectivity index (χ3n) is 6.98. The summed E-state index contributed by atoms with van der Waals surface area (Å²) in [5, 5.41) is 0. The summed E-state index contributed by atoms with van der Waals surface area (Å²) in [5.74, 6) is 0.227. The predicted octanol–water partition coefficient (Wildman–Crippen LogP) is 0.341. The average molecular weight is 430 g/mol. The quantitative estimate of drug-likeness (QED) is 0.491. The summed E-state index contributed by atoms with van der Waals surface area (Å²) < 4.78 is 32.8. The molecule has 3 N–H and O–H groups in total. The lowest BCUT2D eigenvalue weighted by Crippen LogP contribution is -2.58. The molecule has 3 saturated heterocycles. The summed E-state index contributed by atoms with van der Waals surface area (Å²) in [5.41, 5.74) is 5.13. The van der Waals surface area contributed by atoms with E-state index >= 15 is 0 Å². The van der Waals surface area contributed by atoms with Crippen molar-refractivity contribution in [2.45, 2.75) is 56.5 Å². The second-order valence-corrected chi connectivity index (χ2v) is 10.7. The number of primary amides is 1. The van der Waals surface area contributed by atoms with Crippen LogP contribution in [0.5, 0.6) is 0 Å². The first kappa shape index (κ1) is 22.9. The van der Waals surface area contributed by atoms with Crippen molar-refractivity contribution >= 4 is 15.9 Å². The van der Waals surface area contributed by atoms with Gasteiger partial charge in [0.2, 0.25) is 15.9 Å². The normalized spacial score (nSPS) is 29.3. The Morgan fingerprint density at radius 1 is 1.28 bits per heavy atom. The van der Waals surface area contributed by atoms with E-state index in [-0.39, 0.29) is 11.7 Å². The van der Waals surface area contributed by atoms with Crippen LogP contribution in [-0.4, -0.2) is 87.9 Å². The molecule has 0 aromatic carbocycles. The largest absolute Gasteiger partial charge is 0.383 e. The number of rotatable bonds is 11. The molecule has 3 aliphatic heterocycles. The van der Waals surface area contributed by atoms with Crippen molar-refractivity contribution in [1.82, 2.24) is 14.5 Å². The Hall–Kier alpha value is -0.740. The standard InChI is InChI=1S/C20H37N4O4S/c1-28-14-13-23-11-6-17(7-12-23)16-22-29(26,27)15-3-10-24-18-4-2-8-20(24,9-5-18)19(21)25/h2,17-18,22H,3-16H2,1H3,(H2,21,25)/t18-,20+/m1/s1. The summed E-state index contributed by atoms with van der Waals surface area (Å²) in [4.78, 5) is 16.6. The topological polar surface area (TPSA) is 105 Å². The Balaban J connectivity index is 1.39. The number of nitrogens with one attached hydrogen (secondary N) is 1. The molecule has 3 rings (SSSR count). The van der Waals surface area contributed by atoms with E-state index in [4.69, 9.17) is 10.5 Å². The predicted molar refractivity (Wildman–Crippen MR) is 113 cm³/mol. The molecule has 0 aromatic heterocycles. The van der Waals surface area contributed by atoms with Crippen LogP contribution < -0.4 is 10.5 Å². The first-order valence-electron chi connectivity index (χ1n) is 10.9. The monoisotopic (exact) mass is 429 g/mol. The molecule has 0 saturated carbocycles. The number of hydrogen-bond acceptors (Lipinski definition) is 6. The van der Waals surface area contributed by atoms with Gasteiger partial charge < -0.3 is 15.4 Å². The van der Waals surface area contributed by atoms with Crippen LogP contribution in [0.25, 0.3) is 0 Å². The molecule has 8 nitrogen and oxygen atoms in total. The van der Waals surface area contributed by atoms with E-state index in [0.717, 1.165) is 58.3 Å². The summed E-state index contributed by atoms with van der Waals surface area (Å²) in [6.45, 7) is 4.81. The lowest BCUT2D eigenvalue weighted by molar-refractivity contribution is -0.130. The highest BCUT2D eigenvalue weighted by Crippen LogP contribution is 2.43. The molecule has 0 aromatic rings. The van der Waals surface area contributed by atoms with Crippen LogP contribution in [0.15, 0.2) is 0 Å². The number of carbonyl (C=O) groups excluding carboxylic acids is 1. The molecule has 0 aliphatic carbocycles. The molecule has 0 unspecified atom stereocenters. The SMILES string of the molecule is COCCN1CCC(CNS(=O)(=O)CCCN2[C@@H]3C[CH]C[C@@]2(C(N)=O)CC3)CC1. The van der Waals surface area contributed by atoms with Gasteiger partial charge in [0.15, 0.2) is 0 Å². The molecule has 167 valence electrons. The summed E-state index contributed by atoms with van der Waals surface area (Å²) >= 11 is 0. The third kappa shape index (κ3) is 5.70. The van der Waals surface area contributed by atoms with Gasteiger partial charge in [0.05, 0.1) is 12.4 Å². The van der Waals surface area contributed by atoms with Crippen molar-refractivity contribution in [2.24, 2.45) is 11.7 Å². The highest BCUT2D eigenvalue weighted by Gasteiger charge is 2.52. The fourth-order valence-electron chi connectivity index (χ4n) is 5.17. The fraction of sp³-hybridized carbons (Fsp3) is 0.900. The molecule has 0 spiro atoms. The molecule has 9 heteroatoms. The maximum Gasteiger partial charge on any atom is 0.237 e. The van der Waals surface area contributed by atoms with Crippen LogP contribution in [0.3, 0.4) is 0 Å². The number of nitrogens with two attached hydrogens (primary N) is 1. The van der Waals surface area contributed by atoms with Gasteiger partial charge in [0, 0.05) is 32.8 Å². The first-order chi connectivity index (χ1) is 13.9. The average Bonchev–Trinajstić information content (AvgIpc) is 2.90. The number of hydrogen-bond donors (Lipinski definition) is 2. The summed E-state index contributed by atoms with van der Waals surface area (Å²) in [6.07, 6.45) is 8.12. The zero-order valence-electron chi connectivity index (χ0n) is 17.6. The lowest BCUT2D eigenvalue weighted by Gasteiger charge is -2.42. The molecule has 3 heterocycles. The van der Waals surface area contributed by atoms with Gasteiger partial charge in [-0.2, -0.15) is 0 Å². The van der Waals surface area contributed by atoms with E-state index in [0.29, 0.717) is 37.9 Å². The van der Waals surface area contributed by atoms with Gasteiger partial charge in [-0.1, -0.05) is 0 Å². The van der Waals surface area contributed by atoms with E-state index in [1.54, 1.807) is 7.11 Å². The Labute approximate surface area is 175 Å². The van der Waals surface area contributed by atoms with E-state index < -0.39 is 15.6 Å². The zero-order chi connectivity index (χ0) is 20.9. The van der Waals surface area contributed by atoms with Gasteiger partial charge in [-0.25, -0.2) is 13.1 Å². The van der Waals surface area contributed by atoms with Gasteiger partial charge >= 0.3 is 0 Å². The number of methoxy groups -OCH3 is 1. The van der Waals surface area contributed by atoms with Crippen LogP contribution in [0.4, 0.5) is 0 Å². The van der Waals surface area contributed by atoms with Crippen LogP contribution in [0.2, 0.25) is 0 Å². The minimum atomic E-state index is -3.30. The third-order valence-corrected chi connectivity index (χ3v) is 8.42. The minimum absolute atomic E-state index is 0.0987. The van der Waals surface area contributed by atoms with Crippen LogP contribution in [0.1, 0.15) is 44.9 Å². The van der Waals surface area contributed by atoms with Crippen molar-refractivity contribution in [1.29, 1.82) is 0 Å². The van der Waals surface area contributed by atoms with Crippen molar-refractivity contribution in [3.63, 3.8) is 0 Å². The van der Waals surface area contributed by atoms with Crippen molar-refractivity contribution in [2.75, 3.05) is 52.2 Å². The number of likely N-dealkylation sites (tertiary alicyclic amines) is 1. The number of fused-ring (bicyclic) bond motifs is 2. The number of ether oxygens (including phenoxy) is 1. The molecule has 2 bridgehead atoms. The zero-order valence-corrected chi connectivity index (χ0v) is 18.5. The molecular formula is C20H37N4O4S. The van der Waals surface area contributed by atoms with Crippen molar-refractivity contribution in [3.8, 4) is 0 Å². The van der Waals surface area contributed by atoms with Crippen LogP contribution in [0, 0.1) is 12.3 Å². The number of amides is 1. The van der Waals surface area contributed by atoms with Crippen LogP contribution >= 0.6 is 0 Å². The molecule has 1 radical (unpaired) electrons. The Morgan fingerprint density at radius 3 is 2.72 bits per heavy atom. The number of piperidine rings is 2. The highest BCUT2D eigenvalue weighted by atomic mass is 32.2. The van der Waals surface area contributed by atoms with Gasteiger partial charge in [0.25, 0.3) is 0 Å². The number of sulfonamides is 1. The summed E-state index contributed by atoms with van der Waals surface area (Å²) in [7, 11) is -1.59. The van der Waals surface area contributed by atoms with Gasteiger partial charge in [-0.15, -0.1) is 0 Å². The second-order valence-electron chi connectivity index (χ2n) is 8.81. The maximum absolute atomic E-state index is 12.5. The van der Waals surface area contributed by atoms with Gasteiger partial charge in [0.1, 0.15) is 5.54 Å². The molecule has 29 heavy (non-hydrogen) atoms. The molecule has 1 amide bonds. The number of carbonyl (C=O) groups is 1. The van der Waals surface area contributed by atoms with Crippen molar-refractivity contribution < 1.29 is 17.9 Å². The first-order valence-corrected chi connectivity index (χ1v) is 12.6. The van der Waals surface area contributed by atoms with Crippen LogP contribution in [-0.2, 0) is 19.6 Å². The van der Waals surface area contributed by atoms with E-state index in [9.17, 15) is 13.2 Å². The number of nitrogens with zero attached hydrogens (tertiary/aromatic N) is 2. The lowest BCUT2D eigenvalue weighted by atomic mass is 9.87. The fourth-order valence-corrected chi connectivity index (χ4v) is 6.31. The highest BCUT2D eigenvalue weighted by molar-refractivity contribution is 7.89. The Kier molecular flexibility index (Phi) is 7.94. The molecule has 3 aliphatic rings. The minimum Gasteiger partial charge on any atom is -0.383 e. The summed E-state index contributed by atoms with van der Waals surface area (Å²) in [6, 6.07) is 0.329. The molecule has 2 atom stereocenters. The maximum atomic E-state index is 12.5. The Bertz CT molecular complexity index is 647. The van der Waals surface area contributed by atoms with E-state index in [1.165, 1.54) is 0 Å². The van der Waals surface area contributed by atoms with E-state index in [2.05, 4.69) is 20.9 Å². The van der Waals surface area contributed by atoms with Gasteiger partial charge in [-0.3, -0.25) is 9.69 Å². The Morgan fingerprint density at radius 2 is 2.03 bits per heavy atom.